The lowest BCUT2D eigenvalue weighted by atomic mass is 10.1. The molecule has 0 aromatic heterocycles. The first-order valence-corrected chi connectivity index (χ1v) is 9.56. The molecule has 0 saturated carbocycles. The number of nitrogens with zero attached hydrogens (tertiary/aromatic N) is 1. The Bertz CT molecular complexity index is 808. The predicted molar refractivity (Wildman–Crippen MR) is 113 cm³/mol. The second-order valence-electron chi connectivity index (χ2n) is 5.89. The van der Waals surface area contributed by atoms with Gasteiger partial charge in [-0.1, -0.05) is 41.4 Å². The summed E-state index contributed by atoms with van der Waals surface area (Å²) < 4.78 is 0. The zero-order valence-corrected chi connectivity index (χ0v) is 17.0. The number of rotatable bonds is 7. The molecule has 0 heterocycles. The second kappa shape index (κ2) is 10.8. The summed E-state index contributed by atoms with van der Waals surface area (Å²) in [6.45, 7) is 3.92. The van der Waals surface area contributed by atoms with Gasteiger partial charge in [0.05, 0.1) is 6.54 Å². The molecule has 2 rings (SSSR count). The van der Waals surface area contributed by atoms with Crippen molar-refractivity contribution in [2.24, 2.45) is 4.99 Å². The normalized spacial score (nSPS) is 11.2. The first kappa shape index (κ1) is 21.1. The highest BCUT2D eigenvalue weighted by molar-refractivity contribution is 6.35. The fourth-order valence-corrected chi connectivity index (χ4v) is 2.96. The third-order valence-corrected chi connectivity index (χ3v) is 4.48. The largest absolute Gasteiger partial charge is 0.357 e. The van der Waals surface area contributed by atoms with Crippen LogP contribution in [0.2, 0.25) is 10.0 Å². The first-order valence-electron chi connectivity index (χ1n) is 8.80. The van der Waals surface area contributed by atoms with Crippen LogP contribution >= 0.6 is 23.2 Å². The van der Waals surface area contributed by atoms with E-state index in [-0.39, 0.29) is 5.91 Å². The van der Waals surface area contributed by atoms with E-state index in [4.69, 9.17) is 23.2 Å². The van der Waals surface area contributed by atoms with Gasteiger partial charge >= 0.3 is 0 Å². The van der Waals surface area contributed by atoms with Crippen molar-refractivity contribution in [3.63, 3.8) is 0 Å². The van der Waals surface area contributed by atoms with Crippen LogP contribution in [-0.2, 0) is 13.0 Å². The van der Waals surface area contributed by atoms with Gasteiger partial charge in [0, 0.05) is 35.7 Å². The van der Waals surface area contributed by atoms with Gasteiger partial charge < -0.3 is 16.0 Å². The van der Waals surface area contributed by atoms with Crippen LogP contribution in [0.15, 0.2) is 47.5 Å². The summed E-state index contributed by atoms with van der Waals surface area (Å²) in [5.74, 6) is 0.630. The molecule has 2 aromatic rings. The predicted octanol–water partition coefficient (Wildman–Crippen LogP) is 3.65. The van der Waals surface area contributed by atoms with E-state index >= 15 is 0 Å². The Labute approximate surface area is 170 Å². The minimum Gasteiger partial charge on any atom is -0.357 e. The van der Waals surface area contributed by atoms with Crippen molar-refractivity contribution in [2.45, 2.75) is 19.9 Å². The van der Waals surface area contributed by atoms with E-state index in [1.807, 2.05) is 31.2 Å². The summed E-state index contributed by atoms with van der Waals surface area (Å²) in [7, 11) is 1.63. The number of benzene rings is 2. The van der Waals surface area contributed by atoms with E-state index in [1.165, 1.54) is 0 Å². The molecule has 7 heteroatoms. The maximum atomic E-state index is 11.7. The molecule has 0 unspecified atom stereocenters. The van der Waals surface area contributed by atoms with Gasteiger partial charge in [0.15, 0.2) is 5.96 Å². The van der Waals surface area contributed by atoms with Gasteiger partial charge in [0.2, 0.25) is 0 Å². The minimum absolute atomic E-state index is 0.0837. The van der Waals surface area contributed by atoms with Crippen LogP contribution in [0.3, 0.4) is 0 Å². The lowest BCUT2D eigenvalue weighted by Crippen LogP contribution is -2.38. The Kier molecular flexibility index (Phi) is 8.43. The fourth-order valence-electron chi connectivity index (χ4n) is 2.49. The van der Waals surface area contributed by atoms with Crippen molar-refractivity contribution in [2.75, 3.05) is 20.1 Å². The van der Waals surface area contributed by atoms with Crippen molar-refractivity contribution >= 4 is 35.1 Å². The van der Waals surface area contributed by atoms with Gasteiger partial charge in [0.1, 0.15) is 0 Å². The first-order chi connectivity index (χ1) is 13.0. The molecule has 1 amide bonds. The molecule has 0 saturated heterocycles. The third kappa shape index (κ3) is 6.77. The highest BCUT2D eigenvalue weighted by atomic mass is 35.5. The fraction of sp³-hybridized carbons (Fsp3) is 0.300. The van der Waals surface area contributed by atoms with Gasteiger partial charge in [-0.25, -0.2) is 4.99 Å². The molecule has 0 aliphatic carbocycles. The van der Waals surface area contributed by atoms with Gasteiger partial charge in [-0.2, -0.15) is 0 Å². The Hall–Kier alpha value is -2.24. The van der Waals surface area contributed by atoms with Crippen molar-refractivity contribution in [1.82, 2.24) is 16.0 Å². The zero-order valence-electron chi connectivity index (χ0n) is 15.5. The standard InChI is InChI=1S/C20H24Cl2N4O/c1-3-24-20(26-13-16-7-8-17(21)12-18(16)22)25-10-9-14-5-4-6-15(11-14)19(27)23-2/h4-8,11-12H,3,9-10,13H2,1-2H3,(H,23,27)(H2,24,25,26). The van der Waals surface area contributed by atoms with E-state index in [1.54, 1.807) is 25.2 Å². The molecule has 0 aliphatic rings. The number of halogens is 2. The van der Waals surface area contributed by atoms with Gasteiger partial charge in [0.25, 0.3) is 5.91 Å². The summed E-state index contributed by atoms with van der Waals surface area (Å²) in [6.07, 6.45) is 0.775. The molecule has 0 bridgehead atoms. The smallest absolute Gasteiger partial charge is 0.251 e. The van der Waals surface area contributed by atoms with Gasteiger partial charge in [-0.05, 0) is 48.7 Å². The van der Waals surface area contributed by atoms with E-state index < -0.39 is 0 Å². The summed E-state index contributed by atoms with van der Waals surface area (Å²) in [4.78, 5) is 16.3. The average Bonchev–Trinajstić information content (AvgIpc) is 2.66. The summed E-state index contributed by atoms with van der Waals surface area (Å²) >= 11 is 12.1. The Morgan fingerprint density at radius 3 is 2.63 bits per heavy atom. The lowest BCUT2D eigenvalue weighted by Gasteiger charge is -2.12. The molecule has 0 radical (unpaired) electrons. The van der Waals surface area contributed by atoms with Crippen LogP contribution in [0.1, 0.15) is 28.4 Å². The quantitative estimate of drug-likeness (QED) is 0.485. The van der Waals surface area contributed by atoms with Crippen LogP contribution in [-0.4, -0.2) is 32.0 Å². The molecule has 0 atom stereocenters. The van der Waals surface area contributed by atoms with E-state index in [9.17, 15) is 4.79 Å². The molecule has 27 heavy (non-hydrogen) atoms. The number of hydrogen-bond donors (Lipinski definition) is 3. The molecule has 0 aliphatic heterocycles. The maximum absolute atomic E-state index is 11.7. The van der Waals surface area contributed by atoms with Gasteiger partial charge in [-0.15, -0.1) is 0 Å². The SMILES string of the molecule is CCNC(=NCc1ccc(Cl)cc1Cl)NCCc1cccc(C(=O)NC)c1. The monoisotopic (exact) mass is 406 g/mol. The number of aliphatic imine (C=N–C) groups is 1. The van der Waals surface area contributed by atoms with Crippen molar-refractivity contribution in [3.05, 3.63) is 69.2 Å². The summed E-state index contributed by atoms with van der Waals surface area (Å²) in [6, 6.07) is 13.0. The number of carbonyl (C=O) groups is 1. The molecule has 3 N–H and O–H groups in total. The van der Waals surface area contributed by atoms with Gasteiger partial charge in [-0.3, -0.25) is 4.79 Å². The van der Waals surface area contributed by atoms with E-state index in [0.717, 1.165) is 24.1 Å². The molecule has 2 aromatic carbocycles. The summed E-state index contributed by atoms with van der Waals surface area (Å²) in [5, 5.41) is 10.4. The molecule has 0 spiro atoms. The Morgan fingerprint density at radius 1 is 1.11 bits per heavy atom. The van der Waals surface area contributed by atoms with E-state index in [0.29, 0.717) is 34.7 Å². The number of nitrogens with one attached hydrogen (secondary N) is 3. The van der Waals surface area contributed by atoms with Crippen LogP contribution < -0.4 is 16.0 Å². The lowest BCUT2D eigenvalue weighted by molar-refractivity contribution is 0.0963. The van der Waals surface area contributed by atoms with Crippen LogP contribution in [0.25, 0.3) is 0 Å². The second-order valence-corrected chi connectivity index (χ2v) is 6.73. The van der Waals surface area contributed by atoms with Crippen LogP contribution in [0, 0.1) is 0 Å². The molecule has 0 fully saturated rings. The molecule has 5 nitrogen and oxygen atoms in total. The highest BCUT2D eigenvalue weighted by Crippen LogP contribution is 2.21. The topological polar surface area (TPSA) is 65.5 Å². The van der Waals surface area contributed by atoms with Crippen molar-refractivity contribution < 1.29 is 4.79 Å². The van der Waals surface area contributed by atoms with Crippen molar-refractivity contribution in [3.8, 4) is 0 Å². The number of amides is 1. The van der Waals surface area contributed by atoms with Crippen molar-refractivity contribution in [1.29, 1.82) is 0 Å². The van der Waals surface area contributed by atoms with Crippen LogP contribution in [0.4, 0.5) is 0 Å². The number of hydrogen-bond acceptors (Lipinski definition) is 2. The maximum Gasteiger partial charge on any atom is 0.251 e. The molecular weight excluding hydrogens is 383 g/mol. The number of carbonyl (C=O) groups excluding carboxylic acids is 1. The molecular formula is C20H24Cl2N4O. The van der Waals surface area contributed by atoms with Crippen LogP contribution in [0.5, 0.6) is 0 Å². The minimum atomic E-state index is -0.0837. The third-order valence-electron chi connectivity index (χ3n) is 3.89. The Balaban J connectivity index is 1.95. The zero-order chi connectivity index (χ0) is 19.6. The number of guanidine groups is 1. The van der Waals surface area contributed by atoms with E-state index in [2.05, 4.69) is 20.9 Å². The highest BCUT2D eigenvalue weighted by Gasteiger charge is 2.05. The molecule has 144 valence electrons. The Morgan fingerprint density at radius 2 is 1.93 bits per heavy atom. The summed E-state index contributed by atoms with van der Waals surface area (Å²) in [5.41, 5.74) is 2.66. The average molecular weight is 407 g/mol.